The first kappa shape index (κ1) is 36.9. The molecule has 0 atom stereocenters. The molecule has 0 amide bonds. The quantitative estimate of drug-likeness (QED) is 0.131. The van der Waals surface area contributed by atoms with Crippen LogP contribution in [0.2, 0.25) is 0 Å². The molecule has 2 nitrogen and oxygen atoms in total. The second kappa shape index (κ2) is 13.6. The highest BCUT2D eigenvalue weighted by Crippen LogP contribution is 2.48. The zero-order valence-electron chi connectivity index (χ0n) is 35.2. The molecule has 0 spiro atoms. The van der Waals surface area contributed by atoms with E-state index < -0.39 is 0 Å². The first-order valence-electron chi connectivity index (χ1n) is 20.5. The Morgan fingerprint density at radius 1 is 0.414 bits per heavy atom. The number of thiophene rings is 1. The van der Waals surface area contributed by atoms with E-state index in [-0.39, 0.29) is 0 Å². The fourth-order valence-corrected chi connectivity index (χ4v) is 11.1. The molecule has 0 saturated carbocycles. The molecule has 0 radical (unpaired) electrons. The summed E-state index contributed by atoms with van der Waals surface area (Å²) in [6.07, 6.45) is 0. The lowest BCUT2D eigenvalue weighted by Crippen LogP contribution is -2.56. The Morgan fingerprint density at radius 2 is 0.948 bits per heavy atom. The van der Waals surface area contributed by atoms with Crippen molar-refractivity contribution in [2.24, 2.45) is 0 Å². The van der Waals surface area contributed by atoms with Crippen LogP contribution in [-0.4, -0.2) is 88.0 Å². The minimum atomic E-state index is 0.976. The van der Waals surface area contributed by atoms with Crippen molar-refractivity contribution in [3.8, 4) is 39.3 Å². The molecule has 0 bridgehead atoms. The number of nitrogens with zero attached hydrogens (tertiary/aromatic N) is 2. The van der Waals surface area contributed by atoms with Crippen LogP contribution in [0, 0.1) is 0 Å². The van der Waals surface area contributed by atoms with E-state index in [9.17, 15) is 0 Å². The van der Waals surface area contributed by atoms with Crippen LogP contribution in [0.15, 0.2) is 109 Å². The number of hydrogen-bond acceptors (Lipinski definition) is 2. The molecule has 8 aromatic carbocycles. The molecule has 2 heterocycles. The molecule has 10 rings (SSSR count). The lowest BCUT2D eigenvalue weighted by Gasteiger charge is -2.25. The fourth-order valence-electron chi connectivity index (χ4n) is 10.0. The third kappa shape index (κ3) is 5.21. The normalized spacial score (nSPS) is 11.8. The summed E-state index contributed by atoms with van der Waals surface area (Å²) >= 11 is 1.88. The van der Waals surface area contributed by atoms with Gasteiger partial charge in [-0.15, -0.1) is 33.2 Å². The van der Waals surface area contributed by atoms with E-state index >= 15 is 0 Å². The Hall–Kier alpha value is -5.38. The molecule has 0 aliphatic heterocycles. The summed E-state index contributed by atoms with van der Waals surface area (Å²) < 4.78 is 5.10. The summed E-state index contributed by atoms with van der Waals surface area (Å²) in [6, 6.07) is 40.8. The smallest absolute Gasteiger partial charge is 0.146 e. The lowest BCUT2D eigenvalue weighted by molar-refractivity contribution is 1.13. The molecule has 0 aliphatic rings. The number of hydrogen-bond donors (Lipinski definition) is 0. The van der Waals surface area contributed by atoms with Crippen LogP contribution in [0.25, 0.3) is 92.1 Å². The van der Waals surface area contributed by atoms with Gasteiger partial charge in [0.15, 0.2) is 0 Å². The van der Waals surface area contributed by atoms with Crippen LogP contribution in [-0.2, 0) is 0 Å². The van der Waals surface area contributed by atoms with Gasteiger partial charge < -0.3 is 0 Å². The number of benzene rings is 8. The predicted molar refractivity (Wildman–Crippen MR) is 287 cm³/mol. The van der Waals surface area contributed by atoms with Gasteiger partial charge in [-0.25, -0.2) is 4.98 Å². The highest BCUT2D eigenvalue weighted by Gasteiger charge is 2.26. The van der Waals surface area contributed by atoms with Crippen LogP contribution in [0.5, 0.6) is 0 Å². The Morgan fingerprint density at radius 3 is 1.64 bits per heavy atom. The summed E-state index contributed by atoms with van der Waals surface area (Å²) in [5.41, 5.74) is 23.1. The number of imidazole rings is 1. The zero-order chi connectivity index (χ0) is 40.3. The van der Waals surface area contributed by atoms with Crippen LogP contribution in [0.3, 0.4) is 0 Å². The van der Waals surface area contributed by atoms with E-state index in [0.717, 1.165) is 16.9 Å². The van der Waals surface area contributed by atoms with Crippen molar-refractivity contribution in [2.75, 3.05) is 0 Å². The summed E-state index contributed by atoms with van der Waals surface area (Å²) in [7, 11) is 22.8. The van der Waals surface area contributed by atoms with Gasteiger partial charge in [-0.3, -0.25) is 4.57 Å². The first-order chi connectivity index (χ1) is 28.0. The van der Waals surface area contributed by atoms with Crippen molar-refractivity contribution in [2.45, 2.75) is 0 Å². The van der Waals surface area contributed by atoms with Crippen molar-refractivity contribution < 1.29 is 0 Å². The maximum Gasteiger partial charge on any atom is 0.146 e. The topological polar surface area (TPSA) is 17.8 Å². The molecular formula is C45H38B10N2S. The van der Waals surface area contributed by atoms with Gasteiger partial charge in [-0.05, 0) is 74.1 Å². The second-order valence-electron chi connectivity index (χ2n) is 16.6. The van der Waals surface area contributed by atoms with E-state index in [1.54, 1.807) is 0 Å². The SMILES string of the molecule is Bc1c(B)c(B)c(-c2ccc3c(-c4nc5ccccc5n4-c4c(B)c(B)c(B)c(B)c4B)c4ccccc4c(-c4cccc5sc6ccccc6c45)c3c2)c(B)c1B. The summed E-state index contributed by atoms with van der Waals surface area (Å²) in [4.78, 5) is 5.61. The van der Waals surface area contributed by atoms with Crippen LogP contribution in [0.1, 0.15) is 0 Å². The largest absolute Gasteiger partial charge is 0.293 e. The van der Waals surface area contributed by atoms with Crippen molar-refractivity contribution in [3.05, 3.63) is 109 Å². The van der Waals surface area contributed by atoms with Gasteiger partial charge in [0, 0.05) is 31.4 Å². The van der Waals surface area contributed by atoms with Gasteiger partial charge in [0.1, 0.15) is 84.3 Å². The van der Waals surface area contributed by atoms with Crippen LogP contribution < -0.4 is 54.6 Å². The molecule has 0 unspecified atom stereocenters. The zero-order valence-corrected chi connectivity index (χ0v) is 36.0. The number of fused-ring (bicyclic) bond motifs is 6. The number of rotatable bonds is 4. The molecule has 0 aliphatic carbocycles. The van der Waals surface area contributed by atoms with Crippen molar-refractivity contribution in [1.29, 1.82) is 0 Å². The van der Waals surface area contributed by atoms with Gasteiger partial charge in [0.05, 0.1) is 11.0 Å². The highest BCUT2D eigenvalue weighted by atomic mass is 32.1. The molecule has 13 heteroatoms. The predicted octanol–water partition coefficient (Wildman–Crippen LogP) is -4.72. The Balaban J connectivity index is 1.42. The third-order valence-corrected chi connectivity index (χ3v) is 15.1. The average Bonchev–Trinajstić information content (AvgIpc) is 3.81. The first-order valence-corrected chi connectivity index (χ1v) is 21.3. The monoisotopic (exact) mass is 748 g/mol. The Bertz CT molecular complexity index is 3370. The molecule has 2 aromatic heterocycles. The van der Waals surface area contributed by atoms with Crippen molar-refractivity contribution >= 4 is 197 Å². The summed E-state index contributed by atoms with van der Waals surface area (Å²) in [6.45, 7) is 0. The molecule has 58 heavy (non-hydrogen) atoms. The van der Waals surface area contributed by atoms with Gasteiger partial charge in [-0.1, -0.05) is 112 Å². The lowest BCUT2D eigenvalue weighted by atomic mass is 9.59. The van der Waals surface area contributed by atoms with Gasteiger partial charge >= 0.3 is 0 Å². The van der Waals surface area contributed by atoms with E-state index in [4.69, 9.17) is 4.98 Å². The molecular weight excluding hydrogens is 709 g/mol. The van der Waals surface area contributed by atoms with Gasteiger partial charge in [0.2, 0.25) is 0 Å². The molecule has 10 aromatic rings. The van der Waals surface area contributed by atoms with Crippen molar-refractivity contribution in [3.63, 3.8) is 0 Å². The minimum absolute atomic E-state index is 0.976. The van der Waals surface area contributed by atoms with Gasteiger partial charge in [-0.2, -0.15) is 0 Å². The van der Waals surface area contributed by atoms with E-state index in [2.05, 4.69) is 192 Å². The fraction of sp³-hybridized carbons (Fsp3) is 0. The van der Waals surface area contributed by atoms with E-state index in [1.165, 1.54) is 130 Å². The average molecular weight is 747 g/mol. The number of para-hydroxylation sites is 2. The summed E-state index contributed by atoms with van der Waals surface area (Å²) in [5, 5.41) is 7.52. The summed E-state index contributed by atoms with van der Waals surface area (Å²) in [5.74, 6) is 0.976. The molecule has 264 valence electrons. The van der Waals surface area contributed by atoms with E-state index in [0.29, 0.717) is 0 Å². The maximum atomic E-state index is 5.61. The van der Waals surface area contributed by atoms with Gasteiger partial charge in [0.25, 0.3) is 0 Å². The van der Waals surface area contributed by atoms with Crippen LogP contribution in [0.4, 0.5) is 0 Å². The maximum absolute atomic E-state index is 5.61. The third-order valence-electron chi connectivity index (χ3n) is 14.0. The minimum Gasteiger partial charge on any atom is -0.293 e. The second-order valence-corrected chi connectivity index (χ2v) is 17.6. The van der Waals surface area contributed by atoms with Crippen molar-refractivity contribution in [1.82, 2.24) is 9.55 Å². The van der Waals surface area contributed by atoms with Crippen LogP contribution >= 0.6 is 11.3 Å². The van der Waals surface area contributed by atoms with E-state index in [1.807, 2.05) is 11.3 Å². The Labute approximate surface area is 353 Å². The number of aromatic nitrogens is 2. The Kier molecular flexibility index (Phi) is 8.66. The molecule has 0 fully saturated rings. The highest BCUT2D eigenvalue weighted by molar-refractivity contribution is 7.26. The molecule has 0 saturated heterocycles. The standard InChI is InChI=1S/C45H38B10N2S/c46-34-30(35(47)37(49)38(50)36(34)48)19-16-17-22-25(18-19)31(24-11-7-15-29-32(24)23-10-3-6-14-28(23)58-29)20-8-1-2-9-21(20)33(22)45-56-26-12-4-5-13-27(26)57(45)44-42(54)40(52)39(51)41(53)43(44)55/h1-18H,46-55H2. The molecule has 0 N–H and O–H groups in total.